The average molecular weight is 204 g/mol. The molecule has 2 aromatic carbocycles. The van der Waals surface area contributed by atoms with E-state index in [1.165, 1.54) is 0 Å². The molecule has 0 bridgehead atoms. The van der Waals surface area contributed by atoms with Crippen molar-refractivity contribution in [1.29, 1.82) is 0 Å². The van der Waals surface area contributed by atoms with Crippen molar-refractivity contribution in [1.82, 2.24) is 0 Å². The third-order valence-electron chi connectivity index (χ3n) is 2.11. The highest BCUT2D eigenvalue weighted by atomic mass is 32.1. The van der Waals surface area contributed by atoms with Gasteiger partial charge in [-0.05, 0) is 29.0 Å². The lowest BCUT2D eigenvalue weighted by Gasteiger charge is -2.01. The van der Waals surface area contributed by atoms with Crippen molar-refractivity contribution in [2.75, 3.05) is 0 Å². The van der Waals surface area contributed by atoms with Crippen LogP contribution >= 0.6 is 12.6 Å². The van der Waals surface area contributed by atoms with Gasteiger partial charge >= 0.3 is 5.97 Å². The zero-order valence-corrected chi connectivity index (χ0v) is 8.16. The maximum Gasteiger partial charge on any atom is 0.335 e. The maximum atomic E-state index is 10.7. The summed E-state index contributed by atoms with van der Waals surface area (Å²) in [5.41, 5.74) is 0.291. The molecule has 0 spiro atoms. The lowest BCUT2D eigenvalue weighted by molar-refractivity contribution is 0.0697. The first kappa shape index (κ1) is 9.09. The number of hydrogen-bond acceptors (Lipinski definition) is 2. The molecule has 0 radical (unpaired) electrons. The number of rotatable bonds is 1. The summed E-state index contributed by atoms with van der Waals surface area (Å²) in [6.45, 7) is 0. The molecule has 0 aromatic heterocycles. The molecule has 0 saturated heterocycles. The largest absolute Gasteiger partial charge is 0.478 e. The van der Waals surface area contributed by atoms with Gasteiger partial charge in [0, 0.05) is 4.90 Å². The van der Waals surface area contributed by atoms with Crippen molar-refractivity contribution in [3.63, 3.8) is 0 Å². The third-order valence-corrected chi connectivity index (χ3v) is 2.50. The second-order valence-corrected chi connectivity index (χ2v) is 3.50. The number of thiol groups is 1. The maximum absolute atomic E-state index is 10.7. The molecule has 0 aliphatic heterocycles. The predicted molar refractivity (Wildman–Crippen MR) is 58.2 cm³/mol. The summed E-state index contributed by atoms with van der Waals surface area (Å²) in [4.78, 5) is 11.5. The first-order valence-corrected chi connectivity index (χ1v) is 4.58. The van der Waals surface area contributed by atoms with E-state index in [-0.39, 0.29) is 0 Å². The highest BCUT2D eigenvalue weighted by Crippen LogP contribution is 2.22. The second-order valence-electron chi connectivity index (χ2n) is 3.02. The summed E-state index contributed by atoms with van der Waals surface area (Å²) in [7, 11) is 0. The second kappa shape index (κ2) is 3.35. The molecule has 0 fully saturated rings. The SMILES string of the molecule is O=C(O)c1ccc2cccc(S)c2c1. The molecule has 2 nitrogen and oxygen atoms in total. The average Bonchev–Trinajstić information content (AvgIpc) is 2.18. The Kier molecular flexibility index (Phi) is 2.17. The Hall–Kier alpha value is -1.48. The summed E-state index contributed by atoms with van der Waals surface area (Å²) in [5.74, 6) is -0.913. The summed E-state index contributed by atoms with van der Waals surface area (Å²) >= 11 is 4.27. The zero-order valence-electron chi connectivity index (χ0n) is 7.27. The molecule has 14 heavy (non-hydrogen) atoms. The summed E-state index contributed by atoms with van der Waals surface area (Å²) in [6.07, 6.45) is 0. The van der Waals surface area contributed by atoms with Crippen LogP contribution in [-0.2, 0) is 0 Å². The number of aromatic carboxylic acids is 1. The number of benzene rings is 2. The van der Waals surface area contributed by atoms with Gasteiger partial charge in [0.15, 0.2) is 0 Å². The molecule has 0 amide bonds. The Morgan fingerprint density at radius 3 is 2.71 bits per heavy atom. The lowest BCUT2D eigenvalue weighted by Crippen LogP contribution is -1.95. The van der Waals surface area contributed by atoms with Crippen LogP contribution in [0.3, 0.4) is 0 Å². The van der Waals surface area contributed by atoms with Gasteiger partial charge in [-0.3, -0.25) is 0 Å². The van der Waals surface area contributed by atoms with Gasteiger partial charge in [-0.15, -0.1) is 12.6 Å². The van der Waals surface area contributed by atoms with E-state index >= 15 is 0 Å². The van der Waals surface area contributed by atoms with Crippen LogP contribution in [0.15, 0.2) is 41.3 Å². The number of hydrogen-bond donors (Lipinski definition) is 2. The topological polar surface area (TPSA) is 37.3 Å². The van der Waals surface area contributed by atoms with E-state index in [0.29, 0.717) is 5.56 Å². The van der Waals surface area contributed by atoms with Gasteiger partial charge in [0.25, 0.3) is 0 Å². The van der Waals surface area contributed by atoms with Gasteiger partial charge in [-0.1, -0.05) is 18.2 Å². The summed E-state index contributed by atoms with van der Waals surface area (Å²) in [5, 5.41) is 10.7. The molecular weight excluding hydrogens is 196 g/mol. The lowest BCUT2D eigenvalue weighted by atomic mass is 10.1. The van der Waals surface area contributed by atoms with E-state index < -0.39 is 5.97 Å². The summed E-state index contributed by atoms with van der Waals surface area (Å²) < 4.78 is 0. The highest BCUT2D eigenvalue weighted by Gasteiger charge is 2.04. The highest BCUT2D eigenvalue weighted by molar-refractivity contribution is 7.80. The minimum Gasteiger partial charge on any atom is -0.478 e. The number of fused-ring (bicyclic) bond motifs is 1. The van der Waals surface area contributed by atoms with Crippen molar-refractivity contribution < 1.29 is 9.90 Å². The van der Waals surface area contributed by atoms with E-state index in [1.807, 2.05) is 18.2 Å². The summed E-state index contributed by atoms with van der Waals surface area (Å²) in [6, 6.07) is 10.7. The predicted octanol–water partition coefficient (Wildman–Crippen LogP) is 2.83. The fraction of sp³-hybridized carbons (Fsp3) is 0. The molecular formula is C11H8O2S. The Morgan fingerprint density at radius 1 is 1.21 bits per heavy atom. The first-order valence-electron chi connectivity index (χ1n) is 4.13. The van der Waals surface area contributed by atoms with Gasteiger partial charge in [0.05, 0.1) is 5.56 Å². The van der Waals surface area contributed by atoms with Gasteiger partial charge in [-0.25, -0.2) is 4.79 Å². The molecule has 0 saturated carbocycles. The molecule has 0 aliphatic carbocycles. The van der Waals surface area contributed by atoms with Crippen LogP contribution < -0.4 is 0 Å². The Balaban J connectivity index is 2.76. The van der Waals surface area contributed by atoms with Crippen LogP contribution in [0.5, 0.6) is 0 Å². The number of carbonyl (C=O) groups is 1. The molecule has 2 rings (SSSR count). The Labute approximate surface area is 86.6 Å². The van der Waals surface area contributed by atoms with E-state index in [0.717, 1.165) is 15.7 Å². The first-order chi connectivity index (χ1) is 6.68. The molecule has 0 aliphatic rings. The number of carboxylic acids is 1. The third kappa shape index (κ3) is 1.46. The fourth-order valence-electron chi connectivity index (χ4n) is 1.39. The standard InChI is InChI=1S/C11H8O2S/c12-11(13)8-5-4-7-2-1-3-10(14)9(7)6-8/h1-6,14H,(H,12,13). The monoisotopic (exact) mass is 204 g/mol. The minimum atomic E-state index is -0.913. The van der Waals surface area contributed by atoms with Gasteiger partial charge in [0.2, 0.25) is 0 Å². The van der Waals surface area contributed by atoms with Crippen molar-refractivity contribution >= 4 is 29.4 Å². The normalized spacial score (nSPS) is 10.4. The fourth-order valence-corrected chi connectivity index (χ4v) is 1.67. The molecule has 70 valence electrons. The molecule has 0 heterocycles. The van der Waals surface area contributed by atoms with Crippen LogP contribution in [0.2, 0.25) is 0 Å². The van der Waals surface area contributed by atoms with Gasteiger partial charge in [0.1, 0.15) is 0 Å². The van der Waals surface area contributed by atoms with Crippen LogP contribution in [-0.4, -0.2) is 11.1 Å². The van der Waals surface area contributed by atoms with Crippen molar-refractivity contribution in [2.45, 2.75) is 4.90 Å². The van der Waals surface area contributed by atoms with Gasteiger partial charge in [-0.2, -0.15) is 0 Å². The van der Waals surface area contributed by atoms with Crippen LogP contribution in [0.4, 0.5) is 0 Å². The number of carboxylic acid groups (broad SMARTS) is 1. The van der Waals surface area contributed by atoms with Crippen molar-refractivity contribution in [3.05, 3.63) is 42.0 Å². The van der Waals surface area contributed by atoms with E-state index in [4.69, 9.17) is 5.11 Å². The Morgan fingerprint density at radius 2 is 2.00 bits per heavy atom. The molecule has 1 N–H and O–H groups in total. The van der Waals surface area contributed by atoms with Crippen LogP contribution in [0, 0.1) is 0 Å². The molecule has 3 heteroatoms. The van der Waals surface area contributed by atoms with Crippen molar-refractivity contribution in [3.8, 4) is 0 Å². The quantitative estimate of drug-likeness (QED) is 0.701. The van der Waals surface area contributed by atoms with Crippen LogP contribution in [0.25, 0.3) is 10.8 Å². The van der Waals surface area contributed by atoms with E-state index in [1.54, 1.807) is 18.2 Å². The molecule has 0 atom stereocenters. The molecule has 0 unspecified atom stereocenters. The van der Waals surface area contributed by atoms with E-state index in [9.17, 15) is 4.79 Å². The molecule has 2 aromatic rings. The zero-order chi connectivity index (χ0) is 10.1. The van der Waals surface area contributed by atoms with E-state index in [2.05, 4.69) is 12.6 Å². The minimum absolute atomic E-state index is 0.291. The van der Waals surface area contributed by atoms with Crippen molar-refractivity contribution in [2.24, 2.45) is 0 Å². The smallest absolute Gasteiger partial charge is 0.335 e. The Bertz CT molecular complexity index is 506. The van der Waals surface area contributed by atoms with Crippen LogP contribution in [0.1, 0.15) is 10.4 Å². The van der Waals surface area contributed by atoms with Gasteiger partial charge < -0.3 is 5.11 Å².